The molecule has 0 radical (unpaired) electrons. The first-order valence-corrected chi connectivity index (χ1v) is 6.34. The maximum atomic E-state index is 5.09. The van der Waals surface area contributed by atoms with E-state index >= 15 is 0 Å². The van der Waals surface area contributed by atoms with Gasteiger partial charge in [-0.1, -0.05) is 0 Å². The van der Waals surface area contributed by atoms with Crippen LogP contribution in [0.1, 0.15) is 0 Å². The smallest absolute Gasteiger partial charge is 0.0637 e. The molecule has 2 heterocycles. The topological polar surface area (TPSA) is 19.0 Å². The van der Waals surface area contributed by atoms with Crippen LogP contribution in [-0.4, -0.2) is 74.7 Å². The lowest BCUT2D eigenvalue weighted by atomic mass is 10.2. The minimum absolute atomic E-state index is 0.794. The summed E-state index contributed by atoms with van der Waals surface area (Å²) in [4.78, 5) is 7.14. The van der Waals surface area contributed by atoms with Gasteiger partial charge in [-0.05, 0) is 19.2 Å². The van der Waals surface area contributed by atoms with E-state index in [1.807, 2.05) is 0 Å². The molecule has 1 fully saturated rings. The zero-order chi connectivity index (χ0) is 12.1. The van der Waals surface area contributed by atoms with Gasteiger partial charge in [-0.15, -0.1) is 0 Å². The second-order valence-corrected chi connectivity index (χ2v) is 4.72. The van der Waals surface area contributed by atoms with E-state index in [4.69, 9.17) is 4.74 Å². The quantitative estimate of drug-likeness (QED) is 0.712. The minimum atomic E-state index is 0.794. The van der Waals surface area contributed by atoms with Crippen LogP contribution >= 0.6 is 0 Å². The maximum absolute atomic E-state index is 5.09. The Labute approximate surface area is 104 Å². The molecule has 4 nitrogen and oxygen atoms in total. The molecule has 2 aliphatic heterocycles. The van der Waals surface area contributed by atoms with E-state index in [2.05, 4.69) is 40.1 Å². The Kier molecular flexibility index (Phi) is 4.45. The van der Waals surface area contributed by atoms with Gasteiger partial charge in [0.1, 0.15) is 0 Å². The summed E-state index contributed by atoms with van der Waals surface area (Å²) in [7, 11) is 3.94. The van der Waals surface area contributed by atoms with E-state index in [0.717, 1.165) is 32.8 Å². The summed E-state index contributed by atoms with van der Waals surface area (Å²) < 4.78 is 5.09. The standard InChI is InChI=1S/C13H23N3O/c1-14-7-9-16(10-8-14)13-3-5-15(6-4-13)11-12-17-2/h3-5H,6-12H2,1-2H3. The molecule has 0 aromatic heterocycles. The summed E-state index contributed by atoms with van der Waals surface area (Å²) in [6.45, 7) is 7.38. The molecule has 2 aliphatic rings. The van der Waals surface area contributed by atoms with Crippen molar-refractivity contribution in [1.82, 2.24) is 14.7 Å². The molecule has 17 heavy (non-hydrogen) atoms. The Morgan fingerprint density at radius 3 is 2.59 bits per heavy atom. The number of methoxy groups -OCH3 is 1. The van der Waals surface area contributed by atoms with Crippen LogP contribution in [-0.2, 0) is 4.74 Å². The van der Waals surface area contributed by atoms with Gasteiger partial charge in [0, 0.05) is 58.3 Å². The molecule has 0 spiro atoms. The zero-order valence-corrected chi connectivity index (χ0v) is 10.9. The van der Waals surface area contributed by atoms with Crippen molar-refractivity contribution >= 4 is 0 Å². The number of allylic oxidation sites excluding steroid dienone is 1. The van der Waals surface area contributed by atoms with E-state index < -0.39 is 0 Å². The molecule has 96 valence electrons. The SMILES string of the molecule is COCCN1C=CC(N2CCN(C)CC2)=CC1. The van der Waals surface area contributed by atoms with Crippen LogP contribution in [0.25, 0.3) is 0 Å². The van der Waals surface area contributed by atoms with E-state index in [0.29, 0.717) is 0 Å². The molecular weight excluding hydrogens is 214 g/mol. The first-order valence-electron chi connectivity index (χ1n) is 6.34. The van der Waals surface area contributed by atoms with Crippen molar-refractivity contribution in [3.63, 3.8) is 0 Å². The Hall–Kier alpha value is -1.00. The van der Waals surface area contributed by atoms with Crippen LogP contribution in [0.2, 0.25) is 0 Å². The number of hydrogen-bond donors (Lipinski definition) is 0. The van der Waals surface area contributed by atoms with E-state index in [1.54, 1.807) is 7.11 Å². The fourth-order valence-corrected chi connectivity index (χ4v) is 2.19. The van der Waals surface area contributed by atoms with Gasteiger partial charge < -0.3 is 19.4 Å². The normalized spacial score (nSPS) is 21.9. The molecule has 0 saturated carbocycles. The van der Waals surface area contributed by atoms with Crippen molar-refractivity contribution in [2.24, 2.45) is 0 Å². The highest BCUT2D eigenvalue weighted by Gasteiger charge is 2.16. The first-order chi connectivity index (χ1) is 8.29. The predicted molar refractivity (Wildman–Crippen MR) is 69.7 cm³/mol. The molecule has 1 saturated heterocycles. The number of nitrogens with zero attached hydrogens (tertiary/aromatic N) is 3. The molecule has 0 amide bonds. The Bertz CT molecular complexity index is 293. The molecule has 4 heteroatoms. The lowest BCUT2D eigenvalue weighted by Crippen LogP contribution is -2.44. The zero-order valence-electron chi connectivity index (χ0n) is 10.9. The van der Waals surface area contributed by atoms with Crippen molar-refractivity contribution < 1.29 is 4.74 Å². The predicted octanol–water partition coefficient (Wildman–Crippen LogP) is 0.593. The summed E-state index contributed by atoms with van der Waals surface area (Å²) in [5, 5.41) is 0. The van der Waals surface area contributed by atoms with Crippen LogP contribution in [0.15, 0.2) is 24.0 Å². The molecule has 0 bridgehead atoms. The highest BCUT2D eigenvalue weighted by Crippen LogP contribution is 2.14. The lowest BCUT2D eigenvalue weighted by molar-refractivity contribution is 0.169. The third kappa shape index (κ3) is 3.48. The van der Waals surface area contributed by atoms with Crippen LogP contribution in [0, 0.1) is 0 Å². The maximum Gasteiger partial charge on any atom is 0.0637 e. The van der Waals surface area contributed by atoms with Crippen LogP contribution in [0.4, 0.5) is 0 Å². The fraction of sp³-hybridized carbons (Fsp3) is 0.692. The number of hydrogen-bond acceptors (Lipinski definition) is 4. The molecule has 0 aliphatic carbocycles. The summed E-state index contributed by atoms with van der Waals surface area (Å²) >= 11 is 0. The Morgan fingerprint density at radius 2 is 2.00 bits per heavy atom. The van der Waals surface area contributed by atoms with Crippen molar-refractivity contribution in [3.05, 3.63) is 24.0 Å². The second kappa shape index (κ2) is 6.07. The van der Waals surface area contributed by atoms with Gasteiger partial charge in [0.15, 0.2) is 0 Å². The Morgan fingerprint density at radius 1 is 1.24 bits per heavy atom. The second-order valence-electron chi connectivity index (χ2n) is 4.72. The van der Waals surface area contributed by atoms with E-state index in [9.17, 15) is 0 Å². The summed E-state index contributed by atoms with van der Waals surface area (Å²) in [5.41, 5.74) is 1.38. The molecular formula is C13H23N3O. The monoisotopic (exact) mass is 237 g/mol. The van der Waals surface area contributed by atoms with Crippen LogP contribution in [0.5, 0.6) is 0 Å². The molecule has 0 unspecified atom stereocenters. The lowest BCUT2D eigenvalue weighted by Gasteiger charge is -2.36. The number of ether oxygens (including phenoxy) is 1. The minimum Gasteiger partial charge on any atom is -0.383 e. The molecule has 0 N–H and O–H groups in total. The largest absolute Gasteiger partial charge is 0.383 e. The van der Waals surface area contributed by atoms with Crippen LogP contribution < -0.4 is 0 Å². The summed E-state index contributed by atoms with van der Waals surface area (Å²) in [5.74, 6) is 0. The molecule has 2 rings (SSSR count). The van der Waals surface area contributed by atoms with Gasteiger partial charge in [-0.3, -0.25) is 0 Å². The van der Waals surface area contributed by atoms with Gasteiger partial charge in [-0.25, -0.2) is 0 Å². The van der Waals surface area contributed by atoms with Crippen molar-refractivity contribution in [2.75, 3.05) is 60.0 Å². The molecule has 0 aromatic rings. The highest BCUT2D eigenvalue weighted by molar-refractivity contribution is 5.22. The number of piperazine rings is 1. The van der Waals surface area contributed by atoms with Gasteiger partial charge in [-0.2, -0.15) is 0 Å². The van der Waals surface area contributed by atoms with Crippen molar-refractivity contribution in [3.8, 4) is 0 Å². The molecule has 0 aromatic carbocycles. The average Bonchev–Trinajstić information content (AvgIpc) is 2.38. The summed E-state index contributed by atoms with van der Waals surface area (Å²) in [6, 6.07) is 0. The average molecular weight is 237 g/mol. The van der Waals surface area contributed by atoms with Gasteiger partial charge in [0.25, 0.3) is 0 Å². The third-order valence-electron chi connectivity index (χ3n) is 3.44. The van der Waals surface area contributed by atoms with Crippen LogP contribution in [0.3, 0.4) is 0 Å². The molecule has 0 atom stereocenters. The third-order valence-corrected chi connectivity index (χ3v) is 3.44. The number of rotatable bonds is 4. The van der Waals surface area contributed by atoms with Gasteiger partial charge in [0.05, 0.1) is 6.61 Å². The highest BCUT2D eigenvalue weighted by atomic mass is 16.5. The van der Waals surface area contributed by atoms with Gasteiger partial charge in [0.2, 0.25) is 0 Å². The summed E-state index contributed by atoms with van der Waals surface area (Å²) in [6.07, 6.45) is 6.73. The first kappa shape index (κ1) is 12.5. The Balaban J connectivity index is 1.80. The van der Waals surface area contributed by atoms with Crippen molar-refractivity contribution in [2.45, 2.75) is 0 Å². The van der Waals surface area contributed by atoms with E-state index in [-0.39, 0.29) is 0 Å². The number of likely N-dealkylation sites (N-methyl/N-ethyl adjacent to an activating group) is 1. The van der Waals surface area contributed by atoms with E-state index in [1.165, 1.54) is 18.8 Å². The van der Waals surface area contributed by atoms with Gasteiger partial charge >= 0.3 is 0 Å². The fourth-order valence-electron chi connectivity index (χ4n) is 2.19. The van der Waals surface area contributed by atoms with Crippen molar-refractivity contribution in [1.29, 1.82) is 0 Å².